The number of ether oxygens (including phenoxy) is 2. The van der Waals surface area contributed by atoms with Crippen LogP contribution in [-0.4, -0.2) is 44.4 Å². The van der Waals surface area contributed by atoms with Crippen molar-refractivity contribution in [2.75, 3.05) is 32.2 Å². The van der Waals surface area contributed by atoms with Crippen molar-refractivity contribution in [2.24, 2.45) is 0 Å². The summed E-state index contributed by atoms with van der Waals surface area (Å²) in [5, 5.41) is 3.79. The summed E-state index contributed by atoms with van der Waals surface area (Å²) in [4.78, 5) is 6.83. The Balaban J connectivity index is 1.49. The number of piperidine rings is 1. The molecule has 1 atom stereocenters. The van der Waals surface area contributed by atoms with Crippen LogP contribution in [0.25, 0.3) is 0 Å². The Morgan fingerprint density at radius 1 is 1.12 bits per heavy atom. The second-order valence-corrected chi connectivity index (χ2v) is 6.91. The van der Waals surface area contributed by atoms with E-state index in [9.17, 15) is 0 Å². The van der Waals surface area contributed by atoms with Gasteiger partial charge in [-0.2, -0.15) is 0 Å². The fourth-order valence-corrected chi connectivity index (χ4v) is 3.64. The van der Waals surface area contributed by atoms with Gasteiger partial charge in [-0.15, -0.1) is 0 Å². The Morgan fingerprint density at radius 3 is 2.54 bits per heavy atom. The molecule has 26 heavy (non-hydrogen) atoms. The highest BCUT2D eigenvalue weighted by atomic mass is 16.5. The molecule has 1 fully saturated rings. The highest BCUT2D eigenvalue weighted by molar-refractivity contribution is 5.43. The van der Waals surface area contributed by atoms with Gasteiger partial charge < -0.3 is 19.7 Å². The summed E-state index contributed by atoms with van der Waals surface area (Å²) in [7, 11) is 3.34. The SMILES string of the molecule is COc1ccc(CC(C)NC2CCN(c3ccccn3)CC2)cc1OC. The number of pyridine rings is 1. The van der Waals surface area contributed by atoms with Crippen molar-refractivity contribution in [3.63, 3.8) is 0 Å². The molecule has 1 aliphatic rings. The van der Waals surface area contributed by atoms with Gasteiger partial charge >= 0.3 is 0 Å². The third-order valence-corrected chi connectivity index (χ3v) is 4.98. The van der Waals surface area contributed by atoms with Crippen molar-refractivity contribution in [3.05, 3.63) is 48.2 Å². The number of nitrogens with one attached hydrogen (secondary N) is 1. The van der Waals surface area contributed by atoms with Crippen LogP contribution in [0.5, 0.6) is 11.5 Å². The van der Waals surface area contributed by atoms with Crippen LogP contribution in [0.4, 0.5) is 5.82 Å². The lowest BCUT2D eigenvalue weighted by atomic mass is 10.0. The molecule has 1 saturated heterocycles. The van der Waals surface area contributed by atoms with E-state index in [1.807, 2.05) is 18.3 Å². The lowest BCUT2D eigenvalue weighted by Crippen LogP contribution is -2.46. The summed E-state index contributed by atoms with van der Waals surface area (Å²) in [6, 6.07) is 13.2. The Bertz CT molecular complexity index is 685. The van der Waals surface area contributed by atoms with Gasteiger partial charge in [0.05, 0.1) is 14.2 Å². The molecule has 0 amide bonds. The van der Waals surface area contributed by atoms with E-state index in [0.29, 0.717) is 12.1 Å². The highest BCUT2D eigenvalue weighted by Crippen LogP contribution is 2.28. The fourth-order valence-electron chi connectivity index (χ4n) is 3.64. The van der Waals surface area contributed by atoms with Crippen molar-refractivity contribution >= 4 is 5.82 Å². The number of anilines is 1. The average Bonchev–Trinajstić information content (AvgIpc) is 2.69. The van der Waals surface area contributed by atoms with Gasteiger partial charge in [0, 0.05) is 31.4 Å². The third kappa shape index (κ3) is 4.67. The molecule has 140 valence electrons. The maximum absolute atomic E-state index is 5.41. The highest BCUT2D eigenvalue weighted by Gasteiger charge is 2.21. The first kappa shape index (κ1) is 18.5. The molecule has 0 saturated carbocycles. The molecular formula is C21H29N3O2. The number of nitrogens with zero attached hydrogens (tertiary/aromatic N) is 2. The number of benzene rings is 1. The fraction of sp³-hybridized carbons (Fsp3) is 0.476. The first-order chi connectivity index (χ1) is 12.7. The van der Waals surface area contributed by atoms with E-state index in [4.69, 9.17) is 9.47 Å². The topological polar surface area (TPSA) is 46.6 Å². The van der Waals surface area contributed by atoms with Gasteiger partial charge in [0.15, 0.2) is 11.5 Å². The molecule has 5 heteroatoms. The summed E-state index contributed by atoms with van der Waals surface area (Å²) in [5.74, 6) is 2.66. The summed E-state index contributed by atoms with van der Waals surface area (Å²) in [5.41, 5.74) is 1.26. The van der Waals surface area contributed by atoms with E-state index in [0.717, 1.165) is 49.7 Å². The summed E-state index contributed by atoms with van der Waals surface area (Å²) in [6.07, 6.45) is 5.13. The zero-order valence-electron chi connectivity index (χ0n) is 15.9. The summed E-state index contributed by atoms with van der Waals surface area (Å²) >= 11 is 0. The molecule has 0 radical (unpaired) electrons. The van der Waals surface area contributed by atoms with Crippen molar-refractivity contribution < 1.29 is 9.47 Å². The van der Waals surface area contributed by atoms with Crippen LogP contribution in [0.2, 0.25) is 0 Å². The number of methoxy groups -OCH3 is 2. The minimum Gasteiger partial charge on any atom is -0.493 e. The van der Waals surface area contributed by atoms with E-state index < -0.39 is 0 Å². The largest absolute Gasteiger partial charge is 0.493 e. The van der Waals surface area contributed by atoms with Gasteiger partial charge in [0.1, 0.15) is 5.82 Å². The maximum atomic E-state index is 5.41. The van der Waals surface area contributed by atoms with Crippen LogP contribution < -0.4 is 19.7 Å². The van der Waals surface area contributed by atoms with E-state index in [1.54, 1.807) is 14.2 Å². The molecular weight excluding hydrogens is 326 g/mol. The van der Waals surface area contributed by atoms with Gasteiger partial charge in [0.2, 0.25) is 0 Å². The number of hydrogen-bond donors (Lipinski definition) is 1. The second kappa shape index (κ2) is 8.90. The molecule has 0 aliphatic carbocycles. The monoisotopic (exact) mass is 355 g/mol. The normalized spacial score (nSPS) is 16.3. The minimum absolute atomic E-state index is 0.416. The van der Waals surface area contributed by atoms with Crippen LogP contribution in [0.3, 0.4) is 0 Å². The maximum Gasteiger partial charge on any atom is 0.160 e. The van der Waals surface area contributed by atoms with Crippen LogP contribution in [0, 0.1) is 0 Å². The quantitative estimate of drug-likeness (QED) is 0.826. The molecule has 2 aromatic rings. The molecule has 0 spiro atoms. The Kier molecular flexibility index (Phi) is 6.34. The molecule has 0 bridgehead atoms. The van der Waals surface area contributed by atoms with E-state index in [-0.39, 0.29) is 0 Å². The van der Waals surface area contributed by atoms with Crippen LogP contribution in [0.1, 0.15) is 25.3 Å². The van der Waals surface area contributed by atoms with Crippen molar-refractivity contribution in [3.8, 4) is 11.5 Å². The van der Waals surface area contributed by atoms with Crippen LogP contribution >= 0.6 is 0 Å². The predicted octanol–water partition coefficient (Wildman–Crippen LogP) is 3.29. The molecule has 1 N–H and O–H groups in total. The summed E-state index contributed by atoms with van der Waals surface area (Å²) < 4.78 is 10.7. The molecule has 3 rings (SSSR count). The Labute approximate surface area is 156 Å². The van der Waals surface area contributed by atoms with E-state index in [1.165, 1.54) is 5.56 Å². The Hall–Kier alpha value is -2.27. The number of rotatable bonds is 7. The number of hydrogen-bond acceptors (Lipinski definition) is 5. The standard InChI is InChI=1S/C21H29N3O2/c1-16(14-17-7-8-19(25-2)20(15-17)26-3)23-18-9-12-24(13-10-18)21-6-4-5-11-22-21/h4-8,11,15-16,18,23H,9-10,12-14H2,1-3H3. The van der Waals surface area contributed by atoms with Crippen LogP contribution in [0.15, 0.2) is 42.6 Å². The second-order valence-electron chi connectivity index (χ2n) is 6.91. The van der Waals surface area contributed by atoms with Crippen LogP contribution in [-0.2, 0) is 6.42 Å². The summed E-state index contributed by atoms with van der Waals surface area (Å²) in [6.45, 7) is 4.36. The lowest BCUT2D eigenvalue weighted by molar-refractivity contribution is 0.353. The van der Waals surface area contributed by atoms with E-state index >= 15 is 0 Å². The molecule has 5 nitrogen and oxygen atoms in total. The van der Waals surface area contributed by atoms with Crippen molar-refractivity contribution in [1.29, 1.82) is 0 Å². The lowest BCUT2D eigenvalue weighted by Gasteiger charge is -2.34. The van der Waals surface area contributed by atoms with Gasteiger partial charge in [-0.25, -0.2) is 4.98 Å². The average molecular weight is 355 g/mol. The van der Waals surface area contributed by atoms with E-state index in [2.05, 4.69) is 46.4 Å². The van der Waals surface area contributed by atoms with Gasteiger partial charge in [-0.3, -0.25) is 0 Å². The first-order valence-corrected chi connectivity index (χ1v) is 9.32. The minimum atomic E-state index is 0.416. The zero-order valence-corrected chi connectivity index (χ0v) is 15.9. The molecule has 1 aliphatic heterocycles. The van der Waals surface area contributed by atoms with Gasteiger partial charge in [0.25, 0.3) is 0 Å². The first-order valence-electron chi connectivity index (χ1n) is 9.32. The molecule has 1 unspecified atom stereocenters. The van der Waals surface area contributed by atoms with Crippen molar-refractivity contribution in [1.82, 2.24) is 10.3 Å². The Morgan fingerprint density at radius 2 is 1.88 bits per heavy atom. The van der Waals surface area contributed by atoms with Crippen molar-refractivity contribution in [2.45, 2.75) is 38.3 Å². The molecule has 2 heterocycles. The molecule has 1 aromatic carbocycles. The predicted molar refractivity (Wildman–Crippen MR) is 105 cm³/mol. The third-order valence-electron chi connectivity index (χ3n) is 4.98. The van der Waals surface area contributed by atoms with Gasteiger partial charge in [-0.05, 0) is 56.0 Å². The van der Waals surface area contributed by atoms with Gasteiger partial charge in [-0.1, -0.05) is 12.1 Å². The smallest absolute Gasteiger partial charge is 0.160 e. The number of aromatic nitrogens is 1. The molecule has 1 aromatic heterocycles. The zero-order chi connectivity index (χ0) is 18.4.